The van der Waals surface area contributed by atoms with Gasteiger partial charge in [0.1, 0.15) is 5.60 Å². The number of amides is 1. The monoisotopic (exact) mass is 252 g/mol. The van der Waals surface area contributed by atoms with Crippen LogP contribution in [0.5, 0.6) is 0 Å². The van der Waals surface area contributed by atoms with Gasteiger partial charge >= 0.3 is 6.09 Å². The molecule has 4 nitrogen and oxygen atoms in total. The summed E-state index contributed by atoms with van der Waals surface area (Å²) in [6.45, 7) is 10.0. The summed E-state index contributed by atoms with van der Waals surface area (Å²) < 4.78 is 5.52. The highest BCUT2D eigenvalue weighted by Crippen LogP contribution is 2.60. The molecule has 0 aromatic heterocycles. The summed E-state index contributed by atoms with van der Waals surface area (Å²) >= 11 is 0. The third-order valence-electron chi connectivity index (χ3n) is 4.89. The lowest BCUT2D eigenvalue weighted by Crippen LogP contribution is -2.43. The zero-order chi connectivity index (χ0) is 13.1. The van der Waals surface area contributed by atoms with Crippen molar-refractivity contribution in [2.24, 2.45) is 11.3 Å². The fraction of sp³-hybridized carbons (Fsp3) is 0.929. The minimum Gasteiger partial charge on any atom is -0.444 e. The predicted molar refractivity (Wildman–Crippen MR) is 69.3 cm³/mol. The molecule has 1 spiro atoms. The van der Waals surface area contributed by atoms with Crippen LogP contribution in [0.25, 0.3) is 0 Å². The van der Waals surface area contributed by atoms with Crippen molar-refractivity contribution in [3.8, 4) is 0 Å². The molecule has 0 bridgehead atoms. The lowest BCUT2D eigenvalue weighted by Gasteiger charge is -2.33. The van der Waals surface area contributed by atoms with Gasteiger partial charge < -0.3 is 15.0 Å². The fourth-order valence-corrected chi connectivity index (χ4v) is 3.88. The SMILES string of the molecule is CC1NCCC12CN(C(=O)OC(C)(C)C)C1CC12. The number of hydrogen-bond acceptors (Lipinski definition) is 3. The quantitative estimate of drug-likeness (QED) is 0.717. The number of fused-ring (bicyclic) bond motifs is 2. The summed E-state index contributed by atoms with van der Waals surface area (Å²) in [7, 11) is 0. The molecule has 3 fully saturated rings. The Hall–Kier alpha value is -0.770. The minimum atomic E-state index is -0.392. The largest absolute Gasteiger partial charge is 0.444 e. The second-order valence-electron chi connectivity index (χ2n) is 7.18. The molecule has 18 heavy (non-hydrogen) atoms. The third kappa shape index (κ3) is 1.73. The number of nitrogens with zero attached hydrogens (tertiary/aromatic N) is 1. The Labute approximate surface area is 109 Å². The normalized spacial score (nSPS) is 42.2. The zero-order valence-corrected chi connectivity index (χ0v) is 11.8. The van der Waals surface area contributed by atoms with Crippen molar-refractivity contribution in [1.29, 1.82) is 0 Å². The number of ether oxygens (including phenoxy) is 1. The Kier molecular flexibility index (Phi) is 2.47. The van der Waals surface area contributed by atoms with Gasteiger partial charge in [0.05, 0.1) is 0 Å². The van der Waals surface area contributed by atoms with E-state index in [-0.39, 0.29) is 6.09 Å². The van der Waals surface area contributed by atoms with Gasteiger partial charge in [-0.3, -0.25) is 0 Å². The van der Waals surface area contributed by atoms with Crippen LogP contribution in [0.15, 0.2) is 0 Å². The summed E-state index contributed by atoms with van der Waals surface area (Å²) in [6.07, 6.45) is 2.26. The van der Waals surface area contributed by atoms with Gasteiger partial charge in [0.15, 0.2) is 0 Å². The maximum Gasteiger partial charge on any atom is 0.410 e. The van der Waals surface area contributed by atoms with Crippen LogP contribution < -0.4 is 5.32 Å². The van der Waals surface area contributed by atoms with Crippen molar-refractivity contribution < 1.29 is 9.53 Å². The summed E-state index contributed by atoms with van der Waals surface area (Å²) in [4.78, 5) is 14.2. The Morgan fingerprint density at radius 2 is 2.17 bits per heavy atom. The van der Waals surface area contributed by atoms with Gasteiger partial charge in [-0.05, 0) is 53.0 Å². The Balaban J connectivity index is 1.73. The van der Waals surface area contributed by atoms with E-state index in [1.54, 1.807) is 0 Å². The van der Waals surface area contributed by atoms with Crippen LogP contribution in [0.3, 0.4) is 0 Å². The summed E-state index contributed by atoms with van der Waals surface area (Å²) in [5.74, 6) is 0.704. The molecule has 2 saturated heterocycles. The molecule has 4 unspecified atom stereocenters. The van der Waals surface area contributed by atoms with E-state index in [1.165, 1.54) is 12.8 Å². The van der Waals surface area contributed by atoms with Gasteiger partial charge in [-0.1, -0.05) is 0 Å². The number of piperidine rings is 1. The minimum absolute atomic E-state index is 0.119. The molecule has 1 saturated carbocycles. The van der Waals surface area contributed by atoms with E-state index in [2.05, 4.69) is 12.2 Å². The van der Waals surface area contributed by atoms with Gasteiger partial charge in [0.2, 0.25) is 0 Å². The van der Waals surface area contributed by atoms with Gasteiger partial charge in [-0.25, -0.2) is 4.79 Å². The number of carbonyl (C=O) groups excluding carboxylic acids is 1. The molecule has 1 amide bonds. The molecule has 0 radical (unpaired) electrons. The third-order valence-corrected chi connectivity index (χ3v) is 4.89. The number of nitrogens with one attached hydrogen (secondary N) is 1. The molecule has 3 aliphatic rings. The van der Waals surface area contributed by atoms with Crippen molar-refractivity contribution >= 4 is 6.09 Å². The number of likely N-dealkylation sites (tertiary alicyclic amines) is 1. The van der Waals surface area contributed by atoms with Crippen LogP contribution in [0, 0.1) is 11.3 Å². The number of rotatable bonds is 0. The van der Waals surface area contributed by atoms with Crippen LogP contribution in [-0.4, -0.2) is 41.8 Å². The molecule has 1 N–H and O–H groups in total. The van der Waals surface area contributed by atoms with E-state index in [0.717, 1.165) is 13.1 Å². The highest BCUT2D eigenvalue weighted by molar-refractivity contribution is 5.70. The van der Waals surface area contributed by atoms with Gasteiger partial charge in [-0.15, -0.1) is 0 Å². The van der Waals surface area contributed by atoms with Crippen molar-refractivity contribution in [3.05, 3.63) is 0 Å². The first-order valence-electron chi connectivity index (χ1n) is 7.06. The van der Waals surface area contributed by atoms with Crippen molar-refractivity contribution in [1.82, 2.24) is 10.2 Å². The first kappa shape index (κ1) is 12.3. The van der Waals surface area contributed by atoms with Crippen LogP contribution in [0.1, 0.15) is 40.5 Å². The standard InChI is InChI=1S/C14H24N2O2/c1-9-14(5-6-15-9)8-16(11-7-10(11)14)12(17)18-13(2,3)4/h9-11,15H,5-8H2,1-4H3. The second kappa shape index (κ2) is 3.62. The highest BCUT2D eigenvalue weighted by atomic mass is 16.6. The summed E-state index contributed by atoms with van der Waals surface area (Å²) in [6, 6.07) is 0.974. The Morgan fingerprint density at radius 3 is 2.72 bits per heavy atom. The molecule has 4 atom stereocenters. The molecular formula is C14H24N2O2. The number of carbonyl (C=O) groups is 1. The van der Waals surface area contributed by atoms with E-state index in [9.17, 15) is 4.79 Å². The molecule has 1 aliphatic carbocycles. The maximum absolute atomic E-state index is 12.2. The van der Waals surface area contributed by atoms with E-state index in [1.807, 2.05) is 25.7 Å². The molecule has 4 heteroatoms. The van der Waals surface area contributed by atoms with Crippen LogP contribution >= 0.6 is 0 Å². The summed E-state index contributed by atoms with van der Waals surface area (Å²) in [5, 5.41) is 3.54. The first-order chi connectivity index (χ1) is 8.33. The van der Waals surface area contributed by atoms with Crippen molar-refractivity contribution in [3.63, 3.8) is 0 Å². The van der Waals surface area contributed by atoms with Gasteiger partial charge in [0, 0.05) is 24.0 Å². The number of hydrogen-bond donors (Lipinski definition) is 1. The molecule has 102 valence electrons. The average molecular weight is 252 g/mol. The average Bonchev–Trinajstić information content (AvgIpc) is 2.86. The lowest BCUT2D eigenvalue weighted by atomic mass is 9.78. The highest BCUT2D eigenvalue weighted by Gasteiger charge is 2.66. The van der Waals surface area contributed by atoms with Gasteiger partial charge in [0.25, 0.3) is 0 Å². The van der Waals surface area contributed by atoms with E-state index >= 15 is 0 Å². The Bertz CT molecular complexity index is 376. The molecule has 2 aliphatic heterocycles. The topological polar surface area (TPSA) is 41.6 Å². The van der Waals surface area contributed by atoms with Crippen LogP contribution in [-0.2, 0) is 4.74 Å². The molecule has 3 rings (SSSR count). The summed E-state index contributed by atoms with van der Waals surface area (Å²) in [5.41, 5.74) is -0.0711. The van der Waals surface area contributed by atoms with Gasteiger partial charge in [-0.2, -0.15) is 0 Å². The van der Waals surface area contributed by atoms with Crippen LogP contribution in [0.4, 0.5) is 4.79 Å². The molecule has 0 aromatic rings. The van der Waals surface area contributed by atoms with E-state index < -0.39 is 5.60 Å². The van der Waals surface area contributed by atoms with Crippen molar-refractivity contribution in [2.45, 2.75) is 58.2 Å². The first-order valence-corrected chi connectivity index (χ1v) is 7.06. The smallest absolute Gasteiger partial charge is 0.410 e. The van der Waals surface area contributed by atoms with Crippen molar-refractivity contribution in [2.75, 3.05) is 13.1 Å². The fourth-order valence-electron chi connectivity index (χ4n) is 3.88. The Morgan fingerprint density at radius 1 is 1.44 bits per heavy atom. The molecule has 2 heterocycles. The second-order valence-corrected chi connectivity index (χ2v) is 7.18. The van der Waals surface area contributed by atoms with E-state index in [4.69, 9.17) is 4.74 Å². The zero-order valence-electron chi connectivity index (χ0n) is 11.8. The lowest BCUT2D eigenvalue weighted by molar-refractivity contribution is 0.0221. The van der Waals surface area contributed by atoms with Crippen LogP contribution in [0.2, 0.25) is 0 Å². The maximum atomic E-state index is 12.2. The van der Waals surface area contributed by atoms with E-state index in [0.29, 0.717) is 23.4 Å². The predicted octanol–water partition coefficient (Wildman–Crippen LogP) is 1.99. The molecular weight excluding hydrogens is 228 g/mol. The molecule has 0 aromatic carbocycles.